The van der Waals surface area contributed by atoms with Crippen molar-refractivity contribution in [2.24, 2.45) is 0 Å². The van der Waals surface area contributed by atoms with Crippen molar-refractivity contribution < 1.29 is 18.0 Å². The lowest BCUT2D eigenvalue weighted by molar-refractivity contribution is -0.154. The molecule has 0 saturated heterocycles. The van der Waals surface area contributed by atoms with Crippen LogP contribution in [0.5, 0.6) is 0 Å². The van der Waals surface area contributed by atoms with Gasteiger partial charge in [-0.1, -0.05) is 34.1 Å². The molecular weight excluding hydrogens is 273 g/mol. The fourth-order valence-corrected chi connectivity index (χ4v) is 1.85. The molecule has 1 atom stereocenters. The van der Waals surface area contributed by atoms with E-state index < -0.39 is 18.5 Å². The fourth-order valence-electron chi connectivity index (χ4n) is 1.29. The molecule has 0 aliphatic rings. The Morgan fingerprint density at radius 2 is 1.93 bits per heavy atom. The SMILES string of the molecule is O=CCC(c1ccccc1Br)C(F)(F)F. The van der Waals surface area contributed by atoms with Crippen LogP contribution in [0.2, 0.25) is 0 Å². The van der Waals surface area contributed by atoms with Crippen LogP contribution in [0.1, 0.15) is 17.9 Å². The molecule has 0 amide bonds. The summed E-state index contributed by atoms with van der Waals surface area (Å²) in [7, 11) is 0. The van der Waals surface area contributed by atoms with Crippen molar-refractivity contribution in [3.8, 4) is 0 Å². The number of alkyl halides is 3. The number of halogens is 4. The zero-order valence-electron chi connectivity index (χ0n) is 7.59. The van der Waals surface area contributed by atoms with Crippen LogP contribution in [-0.2, 0) is 4.79 Å². The summed E-state index contributed by atoms with van der Waals surface area (Å²) in [5.74, 6) is -1.73. The summed E-state index contributed by atoms with van der Waals surface area (Å²) in [6, 6.07) is 6.04. The molecule has 0 N–H and O–H groups in total. The van der Waals surface area contributed by atoms with Gasteiger partial charge in [-0.15, -0.1) is 0 Å². The number of carbonyl (C=O) groups is 1. The van der Waals surface area contributed by atoms with E-state index in [1.54, 1.807) is 6.07 Å². The van der Waals surface area contributed by atoms with Crippen LogP contribution in [0.15, 0.2) is 28.7 Å². The Kier molecular flexibility index (Phi) is 3.90. The molecule has 5 heteroatoms. The van der Waals surface area contributed by atoms with Gasteiger partial charge in [0.1, 0.15) is 6.29 Å². The summed E-state index contributed by atoms with van der Waals surface area (Å²) in [5.41, 5.74) is 0.0945. The molecule has 1 unspecified atom stereocenters. The van der Waals surface area contributed by atoms with Crippen LogP contribution in [-0.4, -0.2) is 12.5 Å². The molecule has 0 radical (unpaired) electrons. The van der Waals surface area contributed by atoms with E-state index in [0.717, 1.165) is 0 Å². The average molecular weight is 281 g/mol. The van der Waals surface area contributed by atoms with Crippen LogP contribution in [0.3, 0.4) is 0 Å². The molecule has 1 nitrogen and oxygen atoms in total. The van der Waals surface area contributed by atoms with Crippen molar-refractivity contribution in [3.05, 3.63) is 34.3 Å². The second-order valence-electron chi connectivity index (χ2n) is 3.02. The van der Waals surface area contributed by atoms with Gasteiger partial charge < -0.3 is 4.79 Å². The van der Waals surface area contributed by atoms with Gasteiger partial charge in [0.05, 0.1) is 5.92 Å². The third-order valence-corrected chi connectivity index (χ3v) is 2.73. The molecule has 0 fully saturated rings. The van der Waals surface area contributed by atoms with E-state index in [9.17, 15) is 18.0 Å². The van der Waals surface area contributed by atoms with Crippen molar-refractivity contribution in [2.45, 2.75) is 18.5 Å². The number of hydrogen-bond acceptors (Lipinski definition) is 1. The third-order valence-electron chi connectivity index (χ3n) is 2.01. The Morgan fingerprint density at radius 1 is 1.33 bits per heavy atom. The van der Waals surface area contributed by atoms with Crippen LogP contribution < -0.4 is 0 Å². The molecule has 0 aliphatic heterocycles. The van der Waals surface area contributed by atoms with Gasteiger partial charge in [-0.25, -0.2) is 0 Å². The number of aldehydes is 1. The Labute approximate surface area is 93.4 Å². The van der Waals surface area contributed by atoms with Gasteiger partial charge in [0.15, 0.2) is 0 Å². The number of benzene rings is 1. The minimum Gasteiger partial charge on any atom is -0.303 e. The Hall–Kier alpha value is -0.840. The first-order valence-corrected chi connectivity index (χ1v) is 5.01. The number of rotatable bonds is 3. The van der Waals surface area contributed by atoms with Crippen molar-refractivity contribution >= 4 is 22.2 Å². The van der Waals surface area contributed by atoms with Crippen molar-refractivity contribution in [3.63, 3.8) is 0 Å². The molecule has 1 aromatic carbocycles. The predicted molar refractivity (Wildman–Crippen MR) is 53.6 cm³/mol. The zero-order valence-corrected chi connectivity index (χ0v) is 9.18. The highest BCUT2D eigenvalue weighted by Crippen LogP contribution is 2.39. The van der Waals surface area contributed by atoms with E-state index in [0.29, 0.717) is 4.47 Å². The molecule has 0 spiro atoms. The van der Waals surface area contributed by atoms with Gasteiger partial charge in [-0.2, -0.15) is 13.2 Å². The van der Waals surface area contributed by atoms with Crippen LogP contribution >= 0.6 is 15.9 Å². The number of carbonyl (C=O) groups excluding carboxylic acids is 1. The maximum atomic E-state index is 12.6. The molecule has 1 rings (SSSR count). The molecular formula is C10H8BrF3O. The Bertz CT molecular complexity index is 349. The molecule has 15 heavy (non-hydrogen) atoms. The quantitative estimate of drug-likeness (QED) is 0.772. The van der Waals surface area contributed by atoms with E-state index in [2.05, 4.69) is 15.9 Å². The maximum Gasteiger partial charge on any atom is 0.396 e. The standard InChI is InChI=1S/C10H8BrF3O/c11-9-4-2-1-3-7(9)8(5-6-15)10(12,13)14/h1-4,6,8H,5H2. The minimum absolute atomic E-state index is 0.0945. The predicted octanol–water partition coefficient (Wildman–Crippen LogP) is 3.68. The Morgan fingerprint density at radius 3 is 2.40 bits per heavy atom. The van der Waals surface area contributed by atoms with Gasteiger partial charge in [-0.05, 0) is 11.6 Å². The highest BCUT2D eigenvalue weighted by molar-refractivity contribution is 9.10. The first-order valence-electron chi connectivity index (χ1n) is 4.21. The molecule has 82 valence electrons. The Balaban J connectivity index is 3.10. The van der Waals surface area contributed by atoms with Gasteiger partial charge in [0.25, 0.3) is 0 Å². The highest BCUT2D eigenvalue weighted by Gasteiger charge is 2.41. The second kappa shape index (κ2) is 4.79. The lowest BCUT2D eigenvalue weighted by Crippen LogP contribution is -2.21. The lowest BCUT2D eigenvalue weighted by Gasteiger charge is -2.19. The summed E-state index contributed by atoms with van der Waals surface area (Å²) >= 11 is 3.04. The van der Waals surface area contributed by atoms with Crippen molar-refractivity contribution in [1.82, 2.24) is 0 Å². The molecule has 0 aliphatic carbocycles. The van der Waals surface area contributed by atoms with Gasteiger partial charge in [-0.3, -0.25) is 0 Å². The topological polar surface area (TPSA) is 17.1 Å². The molecule has 0 saturated carbocycles. The monoisotopic (exact) mass is 280 g/mol. The van der Waals surface area contributed by atoms with Gasteiger partial charge in [0.2, 0.25) is 0 Å². The average Bonchev–Trinajstić information content (AvgIpc) is 2.14. The van der Waals surface area contributed by atoms with Crippen LogP contribution in [0.25, 0.3) is 0 Å². The summed E-state index contributed by atoms with van der Waals surface area (Å²) < 4.78 is 38.1. The van der Waals surface area contributed by atoms with E-state index in [-0.39, 0.29) is 11.8 Å². The normalized spacial score (nSPS) is 13.6. The maximum absolute atomic E-state index is 12.6. The number of hydrogen-bond donors (Lipinski definition) is 0. The van der Waals surface area contributed by atoms with E-state index in [4.69, 9.17) is 0 Å². The second-order valence-corrected chi connectivity index (χ2v) is 3.87. The summed E-state index contributed by atoms with van der Waals surface area (Å²) in [4.78, 5) is 10.2. The first-order chi connectivity index (χ1) is 6.96. The summed E-state index contributed by atoms with van der Waals surface area (Å²) in [6.45, 7) is 0. The van der Waals surface area contributed by atoms with Crippen LogP contribution in [0, 0.1) is 0 Å². The van der Waals surface area contributed by atoms with Gasteiger partial charge in [0, 0.05) is 10.9 Å². The van der Waals surface area contributed by atoms with Crippen LogP contribution in [0.4, 0.5) is 13.2 Å². The fraction of sp³-hybridized carbons (Fsp3) is 0.300. The molecule has 1 aromatic rings. The summed E-state index contributed by atoms with van der Waals surface area (Å²) in [6.07, 6.45) is -4.66. The molecule has 0 bridgehead atoms. The lowest BCUT2D eigenvalue weighted by atomic mass is 9.96. The first kappa shape index (κ1) is 12.2. The van der Waals surface area contributed by atoms with E-state index >= 15 is 0 Å². The van der Waals surface area contributed by atoms with E-state index in [1.807, 2.05) is 0 Å². The molecule has 0 aromatic heterocycles. The third kappa shape index (κ3) is 3.06. The molecule has 0 heterocycles. The highest BCUT2D eigenvalue weighted by atomic mass is 79.9. The summed E-state index contributed by atoms with van der Waals surface area (Å²) in [5, 5.41) is 0. The van der Waals surface area contributed by atoms with E-state index in [1.165, 1.54) is 18.2 Å². The minimum atomic E-state index is -4.40. The smallest absolute Gasteiger partial charge is 0.303 e. The largest absolute Gasteiger partial charge is 0.396 e. The zero-order chi connectivity index (χ0) is 11.5. The van der Waals surface area contributed by atoms with Gasteiger partial charge >= 0.3 is 6.18 Å². The van der Waals surface area contributed by atoms with Crippen molar-refractivity contribution in [2.75, 3.05) is 0 Å². The van der Waals surface area contributed by atoms with Crippen molar-refractivity contribution in [1.29, 1.82) is 0 Å².